The van der Waals surface area contributed by atoms with Crippen LogP contribution >= 0.6 is 0 Å². The number of nitrogens with one attached hydrogen (secondary N) is 3. The van der Waals surface area contributed by atoms with Crippen molar-refractivity contribution < 1.29 is 18.0 Å². The molecule has 2 heterocycles. The van der Waals surface area contributed by atoms with E-state index in [9.17, 15) is 18.0 Å². The predicted octanol–water partition coefficient (Wildman–Crippen LogP) is 4.16. The van der Waals surface area contributed by atoms with Gasteiger partial charge in [0.15, 0.2) is 0 Å². The highest BCUT2D eigenvalue weighted by Crippen LogP contribution is 2.25. The number of hydrogen-bond acceptors (Lipinski definition) is 5. The van der Waals surface area contributed by atoms with Crippen LogP contribution in [0.5, 0.6) is 0 Å². The largest absolute Gasteiger partial charge is 0.405 e. The maximum atomic E-state index is 12.6. The van der Waals surface area contributed by atoms with Gasteiger partial charge in [0.1, 0.15) is 18.0 Å². The number of amides is 1. The first-order valence-corrected chi connectivity index (χ1v) is 8.94. The summed E-state index contributed by atoms with van der Waals surface area (Å²) in [6.07, 6.45) is -2.79. The third kappa shape index (κ3) is 4.95. The van der Waals surface area contributed by atoms with Crippen molar-refractivity contribution >= 4 is 34.4 Å². The number of fused-ring (bicyclic) bond motifs is 1. The Bertz CT molecular complexity index is 997. The van der Waals surface area contributed by atoms with Crippen LogP contribution in [-0.4, -0.2) is 51.6 Å². The Hall–Kier alpha value is -3.30. The fraction of sp³-hybridized carbons (Fsp3) is 0.316. The van der Waals surface area contributed by atoms with Gasteiger partial charge in [0.2, 0.25) is 5.95 Å². The summed E-state index contributed by atoms with van der Waals surface area (Å²) >= 11 is 0. The van der Waals surface area contributed by atoms with Gasteiger partial charge in [0.05, 0.1) is 5.39 Å². The number of alkyl halides is 3. The second-order valence-electron chi connectivity index (χ2n) is 6.82. The van der Waals surface area contributed by atoms with E-state index < -0.39 is 12.7 Å². The lowest BCUT2D eigenvalue weighted by Gasteiger charge is -2.21. The SMILES string of the molecule is CC(C)N(C)C(=O)c1ccc(Nc2nc(NCC(F)(F)F)c3cc[nH]c3n2)cc1. The summed E-state index contributed by atoms with van der Waals surface area (Å²) in [5, 5.41) is 5.71. The fourth-order valence-corrected chi connectivity index (χ4v) is 2.58. The molecular formula is C19H21F3N6O. The predicted molar refractivity (Wildman–Crippen MR) is 105 cm³/mol. The smallest absolute Gasteiger partial charge is 0.360 e. The Morgan fingerprint density at radius 3 is 2.48 bits per heavy atom. The molecule has 1 aromatic carbocycles. The number of anilines is 3. The molecule has 2 aromatic heterocycles. The molecule has 0 aliphatic carbocycles. The van der Waals surface area contributed by atoms with Crippen molar-refractivity contribution in [1.82, 2.24) is 19.9 Å². The zero-order chi connectivity index (χ0) is 21.2. The van der Waals surface area contributed by atoms with E-state index in [2.05, 4.69) is 25.6 Å². The van der Waals surface area contributed by atoms with Crippen molar-refractivity contribution in [2.45, 2.75) is 26.1 Å². The van der Waals surface area contributed by atoms with Gasteiger partial charge >= 0.3 is 6.18 Å². The topological polar surface area (TPSA) is 85.9 Å². The summed E-state index contributed by atoms with van der Waals surface area (Å²) in [4.78, 5) is 25.3. The van der Waals surface area contributed by atoms with E-state index in [1.54, 1.807) is 48.5 Å². The van der Waals surface area contributed by atoms with Gasteiger partial charge in [-0.15, -0.1) is 0 Å². The molecule has 0 spiro atoms. The maximum Gasteiger partial charge on any atom is 0.405 e. The summed E-state index contributed by atoms with van der Waals surface area (Å²) in [6, 6.07) is 8.38. The van der Waals surface area contributed by atoms with Crippen LogP contribution in [0, 0.1) is 0 Å². The highest BCUT2D eigenvalue weighted by Gasteiger charge is 2.27. The molecule has 0 saturated carbocycles. The van der Waals surface area contributed by atoms with Crippen molar-refractivity contribution in [2.75, 3.05) is 24.2 Å². The number of H-pyrrole nitrogens is 1. The third-order valence-electron chi connectivity index (χ3n) is 4.35. The Labute approximate surface area is 165 Å². The molecule has 0 fully saturated rings. The second-order valence-corrected chi connectivity index (χ2v) is 6.82. The molecule has 0 atom stereocenters. The van der Waals surface area contributed by atoms with E-state index in [0.29, 0.717) is 22.3 Å². The Balaban J connectivity index is 1.80. The minimum atomic E-state index is -4.37. The molecule has 0 unspecified atom stereocenters. The standard InChI is InChI=1S/C19H21F3N6O/c1-11(2)28(3)17(29)12-4-6-13(7-5-12)25-18-26-15-14(8-9-23-15)16(27-18)24-10-19(20,21)22/h4-9,11H,10H2,1-3H3,(H3,23,24,25,26,27). The normalized spacial score (nSPS) is 11.7. The lowest BCUT2D eigenvalue weighted by molar-refractivity contribution is -0.115. The van der Waals surface area contributed by atoms with Crippen molar-refractivity contribution in [3.63, 3.8) is 0 Å². The molecule has 0 aliphatic rings. The summed E-state index contributed by atoms with van der Waals surface area (Å²) in [6.45, 7) is 2.64. The van der Waals surface area contributed by atoms with E-state index >= 15 is 0 Å². The number of hydrogen-bond donors (Lipinski definition) is 3. The molecule has 3 aromatic rings. The summed E-state index contributed by atoms with van der Waals surface area (Å²) in [5.41, 5.74) is 1.53. The summed E-state index contributed by atoms with van der Waals surface area (Å²) in [7, 11) is 1.73. The minimum Gasteiger partial charge on any atom is -0.360 e. The molecule has 1 amide bonds. The highest BCUT2D eigenvalue weighted by atomic mass is 19.4. The zero-order valence-corrected chi connectivity index (χ0v) is 16.1. The first-order valence-electron chi connectivity index (χ1n) is 8.94. The van der Waals surface area contributed by atoms with Crippen LogP contribution in [0.4, 0.5) is 30.6 Å². The van der Waals surface area contributed by atoms with Gasteiger partial charge < -0.3 is 20.5 Å². The quantitative estimate of drug-likeness (QED) is 0.572. The number of aromatic amines is 1. The third-order valence-corrected chi connectivity index (χ3v) is 4.35. The van der Waals surface area contributed by atoms with E-state index in [-0.39, 0.29) is 23.7 Å². The van der Waals surface area contributed by atoms with E-state index in [4.69, 9.17) is 0 Å². The van der Waals surface area contributed by atoms with E-state index in [0.717, 1.165) is 0 Å². The zero-order valence-electron chi connectivity index (χ0n) is 16.1. The molecule has 3 N–H and O–H groups in total. The number of aromatic nitrogens is 3. The van der Waals surface area contributed by atoms with E-state index in [1.807, 2.05) is 13.8 Å². The lowest BCUT2D eigenvalue weighted by Crippen LogP contribution is -2.32. The number of carbonyl (C=O) groups excluding carboxylic acids is 1. The summed E-state index contributed by atoms with van der Waals surface area (Å²) in [5.74, 6) is 0.0960. The van der Waals surface area contributed by atoms with Gasteiger partial charge in [0, 0.05) is 30.5 Å². The molecule has 0 saturated heterocycles. The van der Waals surface area contributed by atoms with Crippen LogP contribution in [0.15, 0.2) is 36.5 Å². The maximum absolute atomic E-state index is 12.6. The molecule has 29 heavy (non-hydrogen) atoms. The van der Waals surface area contributed by atoms with Crippen molar-refractivity contribution in [3.05, 3.63) is 42.1 Å². The average molecular weight is 406 g/mol. The monoisotopic (exact) mass is 406 g/mol. The van der Waals surface area contributed by atoms with Gasteiger partial charge in [-0.05, 0) is 44.2 Å². The Morgan fingerprint density at radius 2 is 1.86 bits per heavy atom. The van der Waals surface area contributed by atoms with Crippen LogP contribution in [0.1, 0.15) is 24.2 Å². The first kappa shape index (κ1) is 20.4. The van der Waals surface area contributed by atoms with E-state index in [1.165, 1.54) is 0 Å². The van der Waals surface area contributed by atoms with Crippen LogP contribution in [-0.2, 0) is 0 Å². The first-order chi connectivity index (χ1) is 13.6. The molecule has 0 bridgehead atoms. The average Bonchev–Trinajstić information content (AvgIpc) is 3.13. The molecule has 10 heteroatoms. The van der Waals surface area contributed by atoms with Crippen LogP contribution in [0.25, 0.3) is 11.0 Å². The number of rotatable bonds is 6. The van der Waals surface area contributed by atoms with Gasteiger partial charge in [-0.1, -0.05) is 0 Å². The summed E-state index contributed by atoms with van der Waals surface area (Å²) < 4.78 is 37.7. The van der Waals surface area contributed by atoms with Gasteiger partial charge in [-0.3, -0.25) is 4.79 Å². The molecule has 3 rings (SSSR count). The van der Waals surface area contributed by atoms with Crippen LogP contribution < -0.4 is 10.6 Å². The lowest BCUT2D eigenvalue weighted by atomic mass is 10.1. The Kier molecular flexibility index (Phi) is 5.62. The number of benzene rings is 1. The Morgan fingerprint density at radius 1 is 1.17 bits per heavy atom. The van der Waals surface area contributed by atoms with Gasteiger partial charge in [-0.25, -0.2) is 0 Å². The van der Waals surface area contributed by atoms with Crippen molar-refractivity contribution in [1.29, 1.82) is 0 Å². The second kappa shape index (κ2) is 7.98. The number of halogens is 3. The van der Waals surface area contributed by atoms with Crippen LogP contribution in [0.2, 0.25) is 0 Å². The van der Waals surface area contributed by atoms with Crippen LogP contribution in [0.3, 0.4) is 0 Å². The molecular weight excluding hydrogens is 385 g/mol. The number of carbonyl (C=O) groups is 1. The highest BCUT2D eigenvalue weighted by molar-refractivity contribution is 5.94. The minimum absolute atomic E-state index is 0.0708. The van der Waals surface area contributed by atoms with Gasteiger partial charge in [-0.2, -0.15) is 23.1 Å². The molecule has 154 valence electrons. The van der Waals surface area contributed by atoms with Gasteiger partial charge in [0.25, 0.3) is 5.91 Å². The molecule has 7 nitrogen and oxygen atoms in total. The number of nitrogens with zero attached hydrogens (tertiary/aromatic N) is 3. The van der Waals surface area contributed by atoms with Crippen molar-refractivity contribution in [2.24, 2.45) is 0 Å². The molecule has 0 aliphatic heterocycles. The molecule has 0 radical (unpaired) electrons. The fourth-order valence-electron chi connectivity index (χ4n) is 2.58. The van der Waals surface area contributed by atoms with Crippen molar-refractivity contribution in [3.8, 4) is 0 Å².